The number of hydrazine groups is 1. The van der Waals surface area contributed by atoms with Crippen LogP contribution >= 0.6 is 0 Å². The van der Waals surface area contributed by atoms with Gasteiger partial charge in [0.15, 0.2) is 0 Å². The minimum Gasteiger partial charge on any atom is -0.508 e. The molecule has 2 N–H and O–H groups in total. The molecule has 0 aliphatic carbocycles. The number of hydrogen-bond acceptors (Lipinski definition) is 6. The van der Waals surface area contributed by atoms with Crippen LogP contribution in [0.15, 0.2) is 78.9 Å². The number of piperazine rings is 1. The van der Waals surface area contributed by atoms with E-state index in [0.717, 1.165) is 22.4 Å². The molecule has 0 saturated carbocycles. The quantitative estimate of drug-likeness (QED) is 0.453. The molecule has 2 fully saturated rings. The zero-order valence-corrected chi connectivity index (χ0v) is 22.6. The van der Waals surface area contributed by atoms with E-state index in [9.17, 15) is 19.5 Å². The monoisotopic (exact) mass is 543 g/mol. The molecule has 0 spiro atoms. The maximum absolute atomic E-state index is 13.8. The lowest BCUT2D eigenvalue weighted by atomic mass is 10.00. The topological polar surface area (TPSA) is 106 Å². The summed E-state index contributed by atoms with van der Waals surface area (Å²) in [6.07, 6.45) is -0.226. The molecule has 2 saturated heterocycles. The minimum atomic E-state index is -0.750. The molecule has 2 aliphatic rings. The van der Waals surface area contributed by atoms with Gasteiger partial charge in [-0.05, 0) is 41.0 Å². The molecule has 10 nitrogen and oxygen atoms in total. The summed E-state index contributed by atoms with van der Waals surface area (Å²) in [5.74, 6) is 0.477. The fourth-order valence-electron chi connectivity index (χ4n) is 5.26. The number of amides is 4. The van der Waals surface area contributed by atoms with Gasteiger partial charge in [-0.3, -0.25) is 14.6 Å². The molecule has 5 rings (SSSR count). The van der Waals surface area contributed by atoms with Crippen molar-refractivity contribution in [3.05, 3.63) is 95.6 Å². The van der Waals surface area contributed by atoms with Gasteiger partial charge in [0.1, 0.15) is 23.7 Å². The van der Waals surface area contributed by atoms with Crippen LogP contribution in [0.2, 0.25) is 0 Å². The highest BCUT2D eigenvalue weighted by Gasteiger charge is 2.51. The van der Waals surface area contributed by atoms with Crippen molar-refractivity contribution in [2.45, 2.75) is 31.7 Å². The Labute approximate surface area is 233 Å². The number of fused-ring (bicyclic) bond motifs is 1. The van der Waals surface area contributed by atoms with E-state index in [1.807, 2.05) is 54.6 Å². The third kappa shape index (κ3) is 5.72. The number of aromatic hydroxyl groups is 1. The lowest BCUT2D eigenvalue weighted by Crippen LogP contribution is -2.65. The van der Waals surface area contributed by atoms with E-state index < -0.39 is 12.2 Å². The largest absolute Gasteiger partial charge is 0.508 e. The number of nitrogens with zero attached hydrogens (tertiary/aromatic N) is 4. The SMILES string of the molecule is COc1ccc(CN2C[C@H]3N(C(=O)CN3N(C)C(=O)NCc3ccccc3)[C@@H](Cc3ccc(O)cc3)C2=O)cc1. The van der Waals surface area contributed by atoms with Gasteiger partial charge < -0.3 is 25.0 Å². The van der Waals surface area contributed by atoms with E-state index in [0.29, 0.717) is 13.1 Å². The number of rotatable bonds is 8. The van der Waals surface area contributed by atoms with E-state index in [4.69, 9.17) is 4.74 Å². The first-order valence-corrected chi connectivity index (χ1v) is 13.2. The molecule has 2 aliphatic heterocycles. The first-order chi connectivity index (χ1) is 19.3. The highest BCUT2D eigenvalue weighted by Crippen LogP contribution is 2.30. The van der Waals surface area contributed by atoms with Crippen LogP contribution in [-0.4, -0.2) is 82.2 Å². The summed E-state index contributed by atoms with van der Waals surface area (Å²) in [6, 6.07) is 22.7. The van der Waals surface area contributed by atoms with E-state index in [1.165, 1.54) is 5.01 Å². The summed E-state index contributed by atoms with van der Waals surface area (Å²) < 4.78 is 5.26. The van der Waals surface area contributed by atoms with Crippen molar-refractivity contribution in [1.29, 1.82) is 0 Å². The average molecular weight is 544 g/mol. The summed E-state index contributed by atoms with van der Waals surface area (Å²) in [5, 5.41) is 15.8. The predicted octanol–water partition coefficient (Wildman–Crippen LogP) is 2.58. The van der Waals surface area contributed by atoms with Gasteiger partial charge in [0.2, 0.25) is 11.8 Å². The molecular weight excluding hydrogens is 510 g/mol. The van der Waals surface area contributed by atoms with Crippen molar-refractivity contribution in [2.24, 2.45) is 0 Å². The molecule has 4 amide bonds. The second kappa shape index (κ2) is 11.7. The van der Waals surface area contributed by atoms with Crippen molar-refractivity contribution >= 4 is 17.8 Å². The van der Waals surface area contributed by atoms with Crippen LogP contribution in [-0.2, 0) is 29.1 Å². The molecule has 2 atom stereocenters. The third-order valence-corrected chi connectivity index (χ3v) is 7.43. The Balaban J connectivity index is 1.38. The van der Waals surface area contributed by atoms with Gasteiger partial charge in [0.25, 0.3) is 0 Å². The number of carbonyl (C=O) groups excluding carboxylic acids is 3. The molecular formula is C30H33N5O5. The molecule has 208 valence electrons. The zero-order valence-electron chi connectivity index (χ0n) is 22.6. The van der Waals surface area contributed by atoms with E-state index in [2.05, 4.69) is 5.32 Å². The number of urea groups is 1. The van der Waals surface area contributed by atoms with Gasteiger partial charge in [-0.1, -0.05) is 54.6 Å². The Morgan fingerprint density at radius 1 is 0.975 bits per heavy atom. The molecule has 0 radical (unpaired) electrons. The van der Waals surface area contributed by atoms with E-state index in [-0.39, 0.29) is 43.1 Å². The summed E-state index contributed by atoms with van der Waals surface area (Å²) in [7, 11) is 3.24. The normalized spacial score (nSPS) is 18.9. The van der Waals surface area contributed by atoms with Crippen LogP contribution in [0, 0.1) is 0 Å². The van der Waals surface area contributed by atoms with Crippen molar-refractivity contribution in [3.8, 4) is 11.5 Å². The molecule has 40 heavy (non-hydrogen) atoms. The molecule has 2 heterocycles. The number of hydrogen-bond donors (Lipinski definition) is 2. The van der Waals surface area contributed by atoms with Crippen LogP contribution in [0.1, 0.15) is 16.7 Å². The second-order valence-electron chi connectivity index (χ2n) is 10.0. The van der Waals surface area contributed by atoms with Crippen LogP contribution in [0.4, 0.5) is 4.79 Å². The van der Waals surface area contributed by atoms with Gasteiger partial charge in [-0.25, -0.2) is 4.79 Å². The lowest BCUT2D eigenvalue weighted by Gasteiger charge is -2.45. The number of methoxy groups -OCH3 is 1. The first-order valence-electron chi connectivity index (χ1n) is 13.2. The molecule has 3 aromatic rings. The number of ether oxygens (including phenoxy) is 1. The number of benzene rings is 3. The summed E-state index contributed by atoms with van der Waals surface area (Å²) in [6.45, 7) is 0.936. The smallest absolute Gasteiger partial charge is 0.332 e. The summed E-state index contributed by atoms with van der Waals surface area (Å²) in [5.41, 5.74) is 2.71. The zero-order chi connectivity index (χ0) is 28.2. The number of phenolic OH excluding ortho intramolecular Hbond substituents is 1. The summed E-state index contributed by atoms with van der Waals surface area (Å²) in [4.78, 5) is 43.7. The van der Waals surface area contributed by atoms with Crippen LogP contribution in [0.3, 0.4) is 0 Å². The highest BCUT2D eigenvalue weighted by molar-refractivity contribution is 5.91. The van der Waals surface area contributed by atoms with E-state index >= 15 is 0 Å². The Kier molecular flexibility index (Phi) is 7.88. The number of carbonyl (C=O) groups is 3. The van der Waals surface area contributed by atoms with Gasteiger partial charge >= 0.3 is 6.03 Å². The van der Waals surface area contributed by atoms with Crippen LogP contribution < -0.4 is 10.1 Å². The average Bonchev–Trinajstić information content (AvgIpc) is 3.30. The fourth-order valence-corrected chi connectivity index (χ4v) is 5.26. The van der Waals surface area contributed by atoms with Gasteiger partial charge in [0, 0.05) is 26.6 Å². The van der Waals surface area contributed by atoms with Crippen molar-refractivity contribution in [3.63, 3.8) is 0 Å². The lowest BCUT2D eigenvalue weighted by molar-refractivity contribution is -0.157. The second-order valence-corrected chi connectivity index (χ2v) is 10.0. The standard InChI is InChI=1S/C30H33N5O5/c1-32(30(39)31-17-22-6-4-3-5-7-22)34-20-28(37)35-26(16-21-8-12-24(36)13-9-21)29(38)33(19-27(34)35)18-23-10-14-25(40-2)15-11-23/h3-15,26-27,36H,16-20H2,1-2H3,(H,31,39)/t26-,27+/m0/s1. The maximum Gasteiger partial charge on any atom is 0.332 e. The minimum absolute atomic E-state index is 0.0182. The van der Waals surface area contributed by atoms with Gasteiger partial charge in [0.05, 0.1) is 20.2 Å². The van der Waals surface area contributed by atoms with Gasteiger partial charge in [-0.15, -0.1) is 0 Å². The third-order valence-electron chi connectivity index (χ3n) is 7.43. The Hall–Kier alpha value is -4.57. The van der Waals surface area contributed by atoms with Crippen molar-refractivity contribution in [1.82, 2.24) is 25.1 Å². The predicted molar refractivity (Wildman–Crippen MR) is 148 cm³/mol. The Morgan fingerprint density at radius 3 is 2.33 bits per heavy atom. The molecule has 0 bridgehead atoms. The van der Waals surface area contributed by atoms with Crippen LogP contribution in [0.25, 0.3) is 0 Å². The van der Waals surface area contributed by atoms with Crippen molar-refractivity contribution < 1.29 is 24.2 Å². The Bertz CT molecular complexity index is 1350. The number of phenols is 1. The van der Waals surface area contributed by atoms with Crippen molar-refractivity contribution in [2.75, 3.05) is 27.2 Å². The highest BCUT2D eigenvalue weighted by atomic mass is 16.5. The Morgan fingerprint density at radius 2 is 1.65 bits per heavy atom. The molecule has 10 heteroatoms. The molecule has 0 aromatic heterocycles. The first kappa shape index (κ1) is 27.0. The maximum atomic E-state index is 13.8. The summed E-state index contributed by atoms with van der Waals surface area (Å²) >= 11 is 0. The van der Waals surface area contributed by atoms with E-state index in [1.54, 1.807) is 53.2 Å². The molecule has 3 aromatic carbocycles. The van der Waals surface area contributed by atoms with Gasteiger partial charge in [-0.2, -0.15) is 5.01 Å². The van der Waals surface area contributed by atoms with Crippen LogP contribution in [0.5, 0.6) is 11.5 Å². The molecule has 0 unspecified atom stereocenters. The fraction of sp³-hybridized carbons (Fsp3) is 0.300. The number of nitrogens with one attached hydrogen (secondary N) is 1.